The summed E-state index contributed by atoms with van der Waals surface area (Å²) in [6.07, 6.45) is 4.38. The summed E-state index contributed by atoms with van der Waals surface area (Å²) in [6, 6.07) is 6.00. The zero-order chi connectivity index (χ0) is 28.5. The Hall–Kier alpha value is -4.00. The lowest BCUT2D eigenvalue weighted by Crippen LogP contribution is -2.40. The molecule has 206 valence electrons. The number of nitrogens with two attached hydrogens (primary N) is 1. The molecule has 0 radical (unpaired) electrons. The SMILES string of the molecule is CCCCN(CCCC)C(=O)c1ccc(S(=O)(=O)N(CC(=O)O)C(=O)c2cnc(C(N)=O)c(OC)c2)cc1. The number of carbonyl (C=O) groups excluding carboxylic acids is 3. The average molecular weight is 549 g/mol. The summed E-state index contributed by atoms with van der Waals surface area (Å²) in [5.41, 5.74) is 4.85. The molecule has 2 aromatic rings. The fourth-order valence-electron chi connectivity index (χ4n) is 3.53. The van der Waals surface area contributed by atoms with Crippen LogP contribution in [0, 0.1) is 0 Å². The molecule has 3 amide bonds. The molecule has 3 N–H and O–H groups in total. The number of ether oxygens (including phenoxy) is 1. The predicted molar refractivity (Wildman–Crippen MR) is 137 cm³/mol. The molecule has 38 heavy (non-hydrogen) atoms. The minimum absolute atomic E-state index is 0.168. The first-order valence-corrected chi connectivity index (χ1v) is 13.4. The van der Waals surface area contributed by atoms with Crippen LogP contribution in [0.4, 0.5) is 0 Å². The van der Waals surface area contributed by atoms with Gasteiger partial charge in [-0.05, 0) is 43.2 Å². The van der Waals surface area contributed by atoms with Crippen LogP contribution in [-0.4, -0.2) is 78.1 Å². The standard InChI is InChI=1S/C25H32N4O8S/c1-4-6-12-28(13-7-5-2)24(33)17-8-10-19(11-9-17)38(35,36)29(16-21(30)31)25(34)18-14-20(37-3)22(23(26)32)27-15-18/h8-11,14-15H,4-7,12-13,16H2,1-3H3,(H2,26,32)(H,30,31). The van der Waals surface area contributed by atoms with E-state index in [-0.39, 0.29) is 37.7 Å². The summed E-state index contributed by atoms with van der Waals surface area (Å²) in [5, 5.41) is 9.32. The number of carbonyl (C=O) groups is 4. The fourth-order valence-corrected chi connectivity index (χ4v) is 4.87. The van der Waals surface area contributed by atoms with Crippen molar-refractivity contribution in [3.05, 3.63) is 53.3 Å². The summed E-state index contributed by atoms with van der Waals surface area (Å²) in [6.45, 7) is 4.00. The Kier molecular flexibility index (Phi) is 10.8. The molecule has 0 aliphatic heterocycles. The van der Waals surface area contributed by atoms with Crippen LogP contribution in [0.5, 0.6) is 5.75 Å². The number of carboxylic acid groups (broad SMARTS) is 1. The van der Waals surface area contributed by atoms with Crippen molar-refractivity contribution in [1.29, 1.82) is 0 Å². The first kappa shape index (κ1) is 30.2. The highest BCUT2D eigenvalue weighted by Gasteiger charge is 2.33. The van der Waals surface area contributed by atoms with E-state index in [0.29, 0.717) is 13.1 Å². The van der Waals surface area contributed by atoms with Gasteiger partial charge < -0.3 is 20.5 Å². The number of nitrogens with zero attached hydrogens (tertiary/aromatic N) is 3. The van der Waals surface area contributed by atoms with Gasteiger partial charge in [0, 0.05) is 24.8 Å². The molecule has 0 unspecified atom stereocenters. The number of rotatable bonds is 14. The molecule has 1 heterocycles. The third kappa shape index (κ3) is 7.28. The Bertz CT molecular complexity index is 1270. The first-order valence-electron chi connectivity index (χ1n) is 12.0. The number of pyridine rings is 1. The van der Waals surface area contributed by atoms with E-state index in [4.69, 9.17) is 10.5 Å². The van der Waals surface area contributed by atoms with E-state index in [1.54, 1.807) is 4.90 Å². The molecule has 0 atom stereocenters. The van der Waals surface area contributed by atoms with Crippen LogP contribution in [0.15, 0.2) is 41.4 Å². The summed E-state index contributed by atoms with van der Waals surface area (Å²) in [4.78, 5) is 54.2. The second-order valence-electron chi connectivity index (χ2n) is 8.37. The van der Waals surface area contributed by atoms with Crippen molar-refractivity contribution in [3.8, 4) is 5.75 Å². The minimum atomic E-state index is -4.66. The van der Waals surface area contributed by atoms with Gasteiger partial charge in [0.05, 0.1) is 17.6 Å². The number of amides is 3. The van der Waals surface area contributed by atoms with E-state index >= 15 is 0 Å². The zero-order valence-electron chi connectivity index (χ0n) is 21.5. The molecule has 0 aliphatic rings. The quantitative estimate of drug-likeness (QED) is 0.358. The lowest BCUT2D eigenvalue weighted by atomic mass is 10.1. The molecule has 0 fully saturated rings. The van der Waals surface area contributed by atoms with Gasteiger partial charge in [0.1, 0.15) is 6.54 Å². The van der Waals surface area contributed by atoms with Gasteiger partial charge in [-0.15, -0.1) is 0 Å². The van der Waals surface area contributed by atoms with Crippen molar-refractivity contribution in [3.63, 3.8) is 0 Å². The summed E-state index contributed by atoms with van der Waals surface area (Å²) in [5.74, 6) is -4.16. The topological polar surface area (TPSA) is 177 Å². The number of benzene rings is 1. The van der Waals surface area contributed by atoms with Gasteiger partial charge in [-0.1, -0.05) is 26.7 Å². The highest BCUT2D eigenvalue weighted by molar-refractivity contribution is 7.89. The molecule has 0 saturated heterocycles. The van der Waals surface area contributed by atoms with E-state index in [9.17, 15) is 32.7 Å². The lowest BCUT2D eigenvalue weighted by Gasteiger charge is -2.23. The maximum atomic E-state index is 13.3. The van der Waals surface area contributed by atoms with E-state index in [1.807, 2.05) is 13.8 Å². The molecule has 1 aromatic carbocycles. The Balaban J connectivity index is 2.41. The third-order valence-electron chi connectivity index (χ3n) is 5.60. The number of sulfonamides is 1. The van der Waals surface area contributed by atoms with Crippen LogP contribution in [0.25, 0.3) is 0 Å². The van der Waals surface area contributed by atoms with Crippen molar-refractivity contribution in [1.82, 2.24) is 14.2 Å². The Labute approximate surface area is 221 Å². The first-order chi connectivity index (χ1) is 18.0. The average Bonchev–Trinajstić information content (AvgIpc) is 2.90. The smallest absolute Gasteiger partial charge is 0.324 e. The second-order valence-corrected chi connectivity index (χ2v) is 10.2. The summed E-state index contributed by atoms with van der Waals surface area (Å²) >= 11 is 0. The van der Waals surface area contributed by atoms with Crippen molar-refractivity contribution >= 4 is 33.7 Å². The molecule has 2 rings (SSSR count). The van der Waals surface area contributed by atoms with Crippen LogP contribution in [-0.2, 0) is 14.8 Å². The number of methoxy groups -OCH3 is 1. The predicted octanol–water partition coefficient (Wildman–Crippen LogP) is 2.15. The minimum Gasteiger partial charge on any atom is -0.494 e. The van der Waals surface area contributed by atoms with Crippen LogP contribution in [0.3, 0.4) is 0 Å². The third-order valence-corrected chi connectivity index (χ3v) is 7.34. The number of aromatic nitrogens is 1. The molecular formula is C25H32N4O8S. The number of primary amides is 1. The lowest BCUT2D eigenvalue weighted by molar-refractivity contribution is -0.136. The molecule has 0 saturated carbocycles. The molecule has 12 nitrogen and oxygen atoms in total. The van der Waals surface area contributed by atoms with Crippen LogP contribution >= 0.6 is 0 Å². The maximum Gasteiger partial charge on any atom is 0.324 e. The van der Waals surface area contributed by atoms with Crippen molar-refractivity contribution < 1.29 is 37.4 Å². The molecule has 0 aliphatic carbocycles. The van der Waals surface area contributed by atoms with Gasteiger partial charge >= 0.3 is 5.97 Å². The Morgan fingerprint density at radius 2 is 1.55 bits per heavy atom. The molecular weight excluding hydrogens is 516 g/mol. The van der Waals surface area contributed by atoms with E-state index in [2.05, 4.69) is 4.98 Å². The molecule has 1 aromatic heterocycles. The Morgan fingerprint density at radius 1 is 0.974 bits per heavy atom. The summed E-state index contributed by atoms with van der Waals surface area (Å²) < 4.78 is 31.8. The normalized spacial score (nSPS) is 11.0. The van der Waals surface area contributed by atoms with Crippen molar-refractivity contribution in [2.24, 2.45) is 5.73 Å². The maximum absolute atomic E-state index is 13.3. The van der Waals surface area contributed by atoms with E-state index < -0.39 is 34.4 Å². The number of hydrogen-bond acceptors (Lipinski definition) is 8. The van der Waals surface area contributed by atoms with Gasteiger partial charge in [0.15, 0.2) is 11.4 Å². The van der Waals surface area contributed by atoms with Crippen LogP contribution in [0.2, 0.25) is 0 Å². The van der Waals surface area contributed by atoms with Gasteiger partial charge in [-0.25, -0.2) is 17.7 Å². The molecule has 0 spiro atoms. The van der Waals surface area contributed by atoms with Crippen LogP contribution < -0.4 is 10.5 Å². The van der Waals surface area contributed by atoms with Crippen molar-refractivity contribution in [2.45, 2.75) is 44.4 Å². The monoisotopic (exact) mass is 548 g/mol. The van der Waals surface area contributed by atoms with Gasteiger partial charge in [-0.2, -0.15) is 0 Å². The van der Waals surface area contributed by atoms with E-state index in [0.717, 1.165) is 50.1 Å². The van der Waals surface area contributed by atoms with Crippen LogP contribution in [0.1, 0.15) is 70.7 Å². The molecule has 13 heteroatoms. The number of aliphatic carboxylic acids is 1. The zero-order valence-corrected chi connectivity index (χ0v) is 22.4. The van der Waals surface area contributed by atoms with Gasteiger partial charge in [0.2, 0.25) is 0 Å². The number of carboxylic acids is 1. The van der Waals surface area contributed by atoms with Gasteiger partial charge in [0.25, 0.3) is 27.7 Å². The second kappa shape index (κ2) is 13.5. The van der Waals surface area contributed by atoms with Crippen molar-refractivity contribution in [2.75, 3.05) is 26.7 Å². The number of hydrogen-bond donors (Lipinski definition) is 2. The van der Waals surface area contributed by atoms with Gasteiger partial charge in [-0.3, -0.25) is 19.2 Å². The highest BCUT2D eigenvalue weighted by atomic mass is 32.2. The summed E-state index contributed by atoms with van der Waals surface area (Å²) in [7, 11) is -3.47. The highest BCUT2D eigenvalue weighted by Crippen LogP contribution is 2.23. The molecule has 0 bridgehead atoms. The Morgan fingerprint density at radius 3 is 2.03 bits per heavy atom. The largest absolute Gasteiger partial charge is 0.494 e. The fraction of sp³-hybridized carbons (Fsp3) is 0.400. The van der Waals surface area contributed by atoms with E-state index in [1.165, 1.54) is 19.2 Å². The number of unbranched alkanes of at least 4 members (excludes halogenated alkanes) is 2.